The number of carbonyl (C=O) groups is 1. The molecule has 30 heavy (non-hydrogen) atoms. The van der Waals surface area contributed by atoms with Crippen molar-refractivity contribution in [3.8, 4) is 5.75 Å². The maximum atomic E-state index is 13.4. The van der Waals surface area contributed by atoms with E-state index in [2.05, 4.69) is 9.97 Å². The van der Waals surface area contributed by atoms with Gasteiger partial charge in [0, 0.05) is 41.5 Å². The van der Waals surface area contributed by atoms with Crippen molar-refractivity contribution in [3.05, 3.63) is 72.3 Å². The van der Waals surface area contributed by atoms with E-state index >= 15 is 0 Å². The van der Waals surface area contributed by atoms with Crippen LogP contribution in [0.5, 0.6) is 5.75 Å². The van der Waals surface area contributed by atoms with E-state index in [1.165, 1.54) is 12.1 Å². The van der Waals surface area contributed by atoms with Crippen LogP contribution in [0.4, 0.5) is 4.39 Å². The van der Waals surface area contributed by atoms with E-state index in [9.17, 15) is 14.3 Å². The third-order valence-electron chi connectivity index (χ3n) is 5.49. The Hall–Kier alpha value is -3.45. The lowest BCUT2D eigenvalue weighted by Crippen LogP contribution is -2.51. The van der Waals surface area contributed by atoms with Crippen molar-refractivity contribution in [2.75, 3.05) is 13.1 Å². The van der Waals surface area contributed by atoms with Gasteiger partial charge in [-0.25, -0.2) is 4.39 Å². The van der Waals surface area contributed by atoms with Gasteiger partial charge in [0.15, 0.2) is 0 Å². The second-order valence-corrected chi connectivity index (χ2v) is 7.54. The molecular weight excluding hydrogens is 385 g/mol. The number of hydrogen-bond acceptors (Lipinski definition) is 4. The summed E-state index contributed by atoms with van der Waals surface area (Å²) < 4.78 is 19.4. The number of β-amino-alcohol motifs (C(OH)–C–C–N with tert-alkyl or cyclic N) is 1. The molecule has 4 aromatic rings. The molecule has 2 aromatic heterocycles. The topological polar surface area (TPSA) is 78.5 Å². The highest BCUT2D eigenvalue weighted by Gasteiger charge is 2.32. The number of aliphatic hydroxyl groups excluding tert-OH is 1. The summed E-state index contributed by atoms with van der Waals surface area (Å²) >= 11 is 0. The molecule has 2 aromatic carbocycles. The molecule has 2 atom stereocenters. The number of H-pyrrole nitrogens is 1. The highest BCUT2D eigenvalue weighted by Crippen LogP contribution is 2.24. The summed E-state index contributed by atoms with van der Waals surface area (Å²) in [6.07, 6.45) is 1.00. The minimum Gasteiger partial charge on any atom is -0.488 e. The first-order chi connectivity index (χ1) is 14.6. The van der Waals surface area contributed by atoms with Crippen LogP contribution >= 0.6 is 0 Å². The summed E-state index contributed by atoms with van der Waals surface area (Å²) in [5, 5.41) is 12.3. The van der Waals surface area contributed by atoms with E-state index in [4.69, 9.17) is 4.74 Å². The molecule has 1 saturated heterocycles. The van der Waals surface area contributed by atoms with Gasteiger partial charge in [-0.2, -0.15) is 0 Å². The molecule has 0 radical (unpaired) electrons. The SMILES string of the molecule is O=C(c1cc2cc(F)ccc2[nH]1)N1CC[C@@H](Oc2ccc3cccnc3c2)[C@H](O)C1. The number of piperidine rings is 1. The third kappa shape index (κ3) is 3.48. The Balaban J connectivity index is 1.27. The van der Waals surface area contributed by atoms with Crippen LogP contribution in [0.15, 0.2) is 60.8 Å². The summed E-state index contributed by atoms with van der Waals surface area (Å²) in [5.41, 5.74) is 1.90. The Morgan fingerprint density at radius 3 is 2.93 bits per heavy atom. The second kappa shape index (κ2) is 7.42. The number of aliphatic hydroxyl groups is 1. The number of ether oxygens (including phenoxy) is 1. The van der Waals surface area contributed by atoms with Gasteiger partial charge in [-0.15, -0.1) is 0 Å². The van der Waals surface area contributed by atoms with Crippen LogP contribution in [0.1, 0.15) is 16.9 Å². The predicted molar refractivity (Wildman–Crippen MR) is 111 cm³/mol. The number of aromatic amines is 1. The first-order valence-electron chi connectivity index (χ1n) is 9.84. The number of nitrogens with zero attached hydrogens (tertiary/aromatic N) is 2. The Morgan fingerprint density at radius 2 is 2.07 bits per heavy atom. The van der Waals surface area contributed by atoms with E-state index in [1.807, 2.05) is 30.3 Å². The molecule has 2 N–H and O–H groups in total. The number of hydrogen-bond donors (Lipinski definition) is 2. The number of pyridine rings is 1. The highest BCUT2D eigenvalue weighted by atomic mass is 19.1. The van der Waals surface area contributed by atoms with E-state index in [1.54, 1.807) is 23.2 Å². The molecule has 1 amide bonds. The Labute approximate surface area is 171 Å². The van der Waals surface area contributed by atoms with E-state index in [0.717, 1.165) is 10.9 Å². The quantitative estimate of drug-likeness (QED) is 0.547. The highest BCUT2D eigenvalue weighted by molar-refractivity contribution is 5.98. The minimum atomic E-state index is -0.816. The Kier molecular flexibility index (Phi) is 4.59. The van der Waals surface area contributed by atoms with Crippen molar-refractivity contribution < 1.29 is 19.0 Å². The molecular formula is C23H20FN3O3. The Bertz CT molecular complexity index is 1240. The van der Waals surface area contributed by atoms with Crippen molar-refractivity contribution in [1.82, 2.24) is 14.9 Å². The van der Waals surface area contributed by atoms with Crippen LogP contribution < -0.4 is 4.74 Å². The average Bonchev–Trinajstić information content (AvgIpc) is 3.17. The lowest BCUT2D eigenvalue weighted by Gasteiger charge is -2.35. The maximum absolute atomic E-state index is 13.4. The van der Waals surface area contributed by atoms with Gasteiger partial charge in [0.1, 0.15) is 29.5 Å². The molecule has 5 rings (SSSR count). The standard InChI is InChI=1S/C23H20FN3O3/c24-16-4-6-18-15(10-16)11-20(26-18)23(29)27-9-7-22(21(28)13-27)30-17-5-3-14-2-1-8-25-19(14)12-17/h1-6,8,10-12,21-22,26,28H,7,9,13H2/t21-,22-/m1/s1. The van der Waals surface area contributed by atoms with Crippen LogP contribution in [0.2, 0.25) is 0 Å². The number of nitrogens with one attached hydrogen (secondary N) is 1. The van der Waals surface area contributed by atoms with Crippen LogP contribution in [-0.4, -0.2) is 51.2 Å². The number of halogens is 1. The number of carbonyl (C=O) groups excluding carboxylic acids is 1. The maximum Gasteiger partial charge on any atom is 0.270 e. The molecule has 0 saturated carbocycles. The molecule has 1 aliphatic rings. The molecule has 7 heteroatoms. The fourth-order valence-corrected chi connectivity index (χ4v) is 3.92. The van der Waals surface area contributed by atoms with Crippen molar-refractivity contribution in [2.24, 2.45) is 0 Å². The molecule has 152 valence electrons. The van der Waals surface area contributed by atoms with Crippen LogP contribution in [0.3, 0.4) is 0 Å². The molecule has 0 spiro atoms. The second-order valence-electron chi connectivity index (χ2n) is 7.54. The van der Waals surface area contributed by atoms with Gasteiger partial charge >= 0.3 is 0 Å². The molecule has 0 unspecified atom stereocenters. The summed E-state index contributed by atoms with van der Waals surface area (Å²) in [7, 11) is 0. The van der Waals surface area contributed by atoms with Gasteiger partial charge in [0.05, 0.1) is 12.1 Å². The minimum absolute atomic E-state index is 0.166. The van der Waals surface area contributed by atoms with E-state index in [-0.39, 0.29) is 18.3 Å². The van der Waals surface area contributed by atoms with Crippen LogP contribution in [0.25, 0.3) is 21.8 Å². The number of fused-ring (bicyclic) bond motifs is 2. The molecule has 1 fully saturated rings. The number of amides is 1. The fourth-order valence-electron chi connectivity index (χ4n) is 3.92. The average molecular weight is 405 g/mol. The van der Waals surface area contributed by atoms with Crippen molar-refractivity contribution in [3.63, 3.8) is 0 Å². The van der Waals surface area contributed by atoms with Gasteiger partial charge in [0.2, 0.25) is 0 Å². The summed E-state index contributed by atoms with van der Waals surface area (Å²) in [5.74, 6) is 0.0689. The van der Waals surface area contributed by atoms with Gasteiger partial charge in [0.25, 0.3) is 5.91 Å². The van der Waals surface area contributed by atoms with Crippen molar-refractivity contribution >= 4 is 27.7 Å². The zero-order chi connectivity index (χ0) is 20.7. The van der Waals surface area contributed by atoms with Gasteiger partial charge < -0.3 is 19.7 Å². The van der Waals surface area contributed by atoms with Gasteiger partial charge in [-0.1, -0.05) is 6.07 Å². The number of aromatic nitrogens is 2. The lowest BCUT2D eigenvalue weighted by atomic mass is 10.0. The number of likely N-dealkylation sites (tertiary alicyclic amines) is 1. The van der Waals surface area contributed by atoms with Crippen LogP contribution in [0, 0.1) is 5.82 Å². The first kappa shape index (κ1) is 18.6. The van der Waals surface area contributed by atoms with Crippen molar-refractivity contribution in [1.29, 1.82) is 0 Å². The van der Waals surface area contributed by atoms with E-state index < -0.39 is 12.2 Å². The predicted octanol–water partition coefficient (Wildman–Crippen LogP) is 3.51. The number of rotatable bonds is 3. The molecule has 0 bridgehead atoms. The Morgan fingerprint density at radius 1 is 1.17 bits per heavy atom. The molecule has 1 aliphatic heterocycles. The molecule has 0 aliphatic carbocycles. The smallest absolute Gasteiger partial charge is 0.270 e. The lowest BCUT2D eigenvalue weighted by molar-refractivity contribution is -0.0199. The summed E-state index contributed by atoms with van der Waals surface area (Å²) in [6.45, 7) is 0.620. The van der Waals surface area contributed by atoms with Gasteiger partial charge in [-0.05, 0) is 42.5 Å². The van der Waals surface area contributed by atoms with Crippen molar-refractivity contribution in [2.45, 2.75) is 18.6 Å². The number of benzene rings is 2. The monoisotopic (exact) mass is 405 g/mol. The largest absolute Gasteiger partial charge is 0.488 e. The normalized spacial score (nSPS) is 19.3. The third-order valence-corrected chi connectivity index (χ3v) is 5.49. The first-order valence-corrected chi connectivity index (χ1v) is 9.84. The van der Waals surface area contributed by atoms with Gasteiger partial charge in [-0.3, -0.25) is 9.78 Å². The van der Waals surface area contributed by atoms with E-state index in [0.29, 0.717) is 35.3 Å². The van der Waals surface area contributed by atoms with Crippen LogP contribution in [-0.2, 0) is 0 Å². The zero-order valence-corrected chi connectivity index (χ0v) is 16.1. The summed E-state index contributed by atoms with van der Waals surface area (Å²) in [6, 6.07) is 15.5. The zero-order valence-electron chi connectivity index (χ0n) is 16.1. The fraction of sp³-hybridized carbons (Fsp3) is 0.217. The summed E-state index contributed by atoms with van der Waals surface area (Å²) in [4.78, 5) is 21.8. The molecule has 6 nitrogen and oxygen atoms in total. The molecule has 3 heterocycles.